The highest BCUT2D eigenvalue weighted by Gasteiger charge is 2.10. The van der Waals surface area contributed by atoms with E-state index in [2.05, 4.69) is 21.8 Å². The first-order valence-electron chi connectivity index (χ1n) is 6.99. The van der Waals surface area contributed by atoms with Gasteiger partial charge < -0.3 is 10.6 Å². The molecule has 0 saturated heterocycles. The molecule has 0 aliphatic heterocycles. The van der Waals surface area contributed by atoms with E-state index in [4.69, 9.17) is 0 Å². The number of hydrogen-bond donors (Lipinski definition) is 2. The van der Waals surface area contributed by atoms with Gasteiger partial charge in [-0.2, -0.15) is 5.10 Å². The van der Waals surface area contributed by atoms with Gasteiger partial charge in [-0.05, 0) is 51.0 Å². The molecular weight excluding hydrogens is 264 g/mol. The number of benzene rings is 1. The Bertz CT molecular complexity index is 653. The lowest BCUT2D eigenvalue weighted by Crippen LogP contribution is -2.28. The normalized spacial score (nSPS) is 10.5. The number of aryl methyl sites for hydroxylation is 4. The van der Waals surface area contributed by atoms with Crippen LogP contribution in [0.3, 0.4) is 0 Å². The van der Waals surface area contributed by atoms with Crippen molar-refractivity contribution >= 4 is 11.7 Å². The number of anilines is 1. The molecule has 5 heteroatoms. The van der Waals surface area contributed by atoms with Crippen molar-refractivity contribution in [3.05, 3.63) is 46.3 Å². The maximum absolute atomic E-state index is 12.0. The predicted octanol–water partition coefficient (Wildman–Crippen LogP) is 2.98. The van der Waals surface area contributed by atoms with Gasteiger partial charge in [-0.1, -0.05) is 6.07 Å². The Morgan fingerprint density at radius 1 is 1.14 bits per heavy atom. The van der Waals surface area contributed by atoms with Crippen molar-refractivity contribution < 1.29 is 4.79 Å². The van der Waals surface area contributed by atoms with Crippen LogP contribution in [0.15, 0.2) is 18.2 Å². The van der Waals surface area contributed by atoms with Crippen molar-refractivity contribution in [2.24, 2.45) is 7.05 Å². The molecule has 1 aromatic carbocycles. The largest absolute Gasteiger partial charge is 0.334 e. The zero-order valence-corrected chi connectivity index (χ0v) is 13.2. The fourth-order valence-corrected chi connectivity index (χ4v) is 2.46. The topological polar surface area (TPSA) is 59.0 Å². The van der Waals surface area contributed by atoms with E-state index < -0.39 is 0 Å². The number of urea groups is 1. The van der Waals surface area contributed by atoms with Crippen molar-refractivity contribution in [3.63, 3.8) is 0 Å². The van der Waals surface area contributed by atoms with E-state index in [1.54, 1.807) is 0 Å². The summed E-state index contributed by atoms with van der Waals surface area (Å²) in [5.74, 6) is 0. The fourth-order valence-electron chi connectivity index (χ4n) is 2.46. The van der Waals surface area contributed by atoms with Crippen LogP contribution in [0.2, 0.25) is 0 Å². The minimum absolute atomic E-state index is 0.206. The van der Waals surface area contributed by atoms with E-state index in [0.29, 0.717) is 6.54 Å². The quantitative estimate of drug-likeness (QED) is 0.911. The second-order valence-electron chi connectivity index (χ2n) is 5.46. The maximum atomic E-state index is 12.0. The summed E-state index contributed by atoms with van der Waals surface area (Å²) in [7, 11) is 1.90. The molecule has 1 heterocycles. The third-order valence-corrected chi connectivity index (χ3v) is 3.56. The molecule has 2 aromatic rings. The Hall–Kier alpha value is -2.30. The van der Waals surface area contributed by atoms with Crippen LogP contribution in [-0.2, 0) is 13.6 Å². The number of carbonyl (C=O) groups excluding carboxylic acids is 1. The number of hydrogen-bond acceptors (Lipinski definition) is 2. The van der Waals surface area contributed by atoms with Crippen LogP contribution in [0.4, 0.5) is 10.5 Å². The number of aromatic nitrogens is 2. The molecule has 2 amide bonds. The Balaban J connectivity index is 1.99. The summed E-state index contributed by atoms with van der Waals surface area (Å²) in [6.45, 7) is 8.45. The lowest BCUT2D eigenvalue weighted by Gasteiger charge is -2.09. The lowest BCUT2D eigenvalue weighted by molar-refractivity contribution is 0.251. The third kappa shape index (κ3) is 3.62. The Morgan fingerprint density at radius 3 is 2.29 bits per heavy atom. The van der Waals surface area contributed by atoms with Crippen molar-refractivity contribution in [3.8, 4) is 0 Å². The van der Waals surface area contributed by atoms with E-state index in [0.717, 1.165) is 33.8 Å². The Morgan fingerprint density at radius 2 is 1.76 bits per heavy atom. The molecule has 0 unspecified atom stereocenters. The third-order valence-electron chi connectivity index (χ3n) is 3.56. The van der Waals surface area contributed by atoms with Crippen LogP contribution in [0, 0.1) is 27.7 Å². The van der Waals surface area contributed by atoms with Crippen LogP contribution in [0.25, 0.3) is 0 Å². The summed E-state index contributed by atoms with van der Waals surface area (Å²) in [6, 6.07) is 5.77. The van der Waals surface area contributed by atoms with Crippen molar-refractivity contribution in [2.75, 3.05) is 5.32 Å². The van der Waals surface area contributed by atoms with Crippen molar-refractivity contribution in [1.82, 2.24) is 15.1 Å². The Labute approximate surface area is 125 Å². The molecule has 0 aliphatic carbocycles. The Kier molecular flexibility index (Phi) is 4.31. The molecule has 0 atom stereocenters. The molecule has 0 bridgehead atoms. The average molecular weight is 286 g/mol. The highest BCUT2D eigenvalue weighted by Crippen LogP contribution is 2.14. The molecule has 21 heavy (non-hydrogen) atoms. The molecule has 5 nitrogen and oxygen atoms in total. The minimum atomic E-state index is -0.206. The summed E-state index contributed by atoms with van der Waals surface area (Å²) < 4.78 is 1.83. The van der Waals surface area contributed by atoms with Crippen molar-refractivity contribution in [1.29, 1.82) is 0 Å². The maximum Gasteiger partial charge on any atom is 0.319 e. The number of carbonyl (C=O) groups is 1. The zero-order chi connectivity index (χ0) is 15.6. The van der Waals surface area contributed by atoms with Crippen LogP contribution >= 0.6 is 0 Å². The molecule has 0 saturated carbocycles. The van der Waals surface area contributed by atoms with E-state index >= 15 is 0 Å². The van der Waals surface area contributed by atoms with E-state index in [-0.39, 0.29) is 6.03 Å². The monoisotopic (exact) mass is 286 g/mol. The first-order chi connectivity index (χ1) is 9.86. The van der Waals surface area contributed by atoms with Gasteiger partial charge in [0.15, 0.2) is 0 Å². The summed E-state index contributed by atoms with van der Waals surface area (Å²) in [5, 5.41) is 10.1. The first-order valence-corrected chi connectivity index (χ1v) is 6.99. The van der Waals surface area contributed by atoms with E-state index in [1.807, 2.05) is 51.6 Å². The van der Waals surface area contributed by atoms with Crippen LogP contribution in [0.5, 0.6) is 0 Å². The standard InChI is InChI=1S/C16H22N4O/c1-10-6-11(2)8-14(7-10)18-16(21)17-9-15-12(3)19-20(5)13(15)4/h6-8H,9H2,1-5H3,(H2,17,18,21). The lowest BCUT2D eigenvalue weighted by atomic mass is 10.1. The predicted molar refractivity (Wildman–Crippen MR) is 84.5 cm³/mol. The van der Waals surface area contributed by atoms with Crippen molar-refractivity contribution in [2.45, 2.75) is 34.2 Å². The van der Waals surface area contributed by atoms with Gasteiger partial charge in [-0.15, -0.1) is 0 Å². The van der Waals surface area contributed by atoms with E-state index in [9.17, 15) is 4.79 Å². The van der Waals surface area contributed by atoms with Gasteiger partial charge >= 0.3 is 6.03 Å². The first kappa shape index (κ1) is 15.1. The van der Waals surface area contributed by atoms with Crippen LogP contribution in [0.1, 0.15) is 28.1 Å². The van der Waals surface area contributed by atoms with Gasteiger partial charge in [0.1, 0.15) is 0 Å². The highest BCUT2D eigenvalue weighted by molar-refractivity contribution is 5.89. The summed E-state index contributed by atoms with van der Waals surface area (Å²) in [6.07, 6.45) is 0. The molecule has 2 N–H and O–H groups in total. The summed E-state index contributed by atoms with van der Waals surface area (Å²) >= 11 is 0. The minimum Gasteiger partial charge on any atom is -0.334 e. The molecule has 0 radical (unpaired) electrons. The fraction of sp³-hybridized carbons (Fsp3) is 0.375. The average Bonchev–Trinajstić information content (AvgIpc) is 2.60. The van der Waals surface area contributed by atoms with Gasteiger partial charge in [0.2, 0.25) is 0 Å². The van der Waals surface area contributed by atoms with Crippen LogP contribution < -0.4 is 10.6 Å². The molecule has 2 rings (SSSR count). The SMILES string of the molecule is Cc1cc(C)cc(NC(=O)NCc2c(C)nn(C)c2C)c1. The molecule has 1 aromatic heterocycles. The summed E-state index contributed by atoms with van der Waals surface area (Å²) in [5.41, 5.74) is 6.15. The number of amides is 2. The number of nitrogens with zero attached hydrogens (tertiary/aromatic N) is 2. The second kappa shape index (κ2) is 5.99. The smallest absolute Gasteiger partial charge is 0.319 e. The van der Waals surface area contributed by atoms with Gasteiger partial charge in [-0.25, -0.2) is 4.79 Å². The number of rotatable bonds is 3. The van der Waals surface area contributed by atoms with E-state index in [1.165, 1.54) is 0 Å². The molecule has 112 valence electrons. The molecule has 0 spiro atoms. The summed E-state index contributed by atoms with van der Waals surface area (Å²) in [4.78, 5) is 12.0. The number of nitrogens with one attached hydrogen (secondary N) is 2. The van der Waals surface area contributed by atoms with Gasteiger partial charge in [0.05, 0.1) is 5.69 Å². The van der Waals surface area contributed by atoms with Crippen LogP contribution in [-0.4, -0.2) is 15.8 Å². The highest BCUT2D eigenvalue weighted by atomic mass is 16.2. The molecule has 0 aliphatic rings. The van der Waals surface area contributed by atoms with Gasteiger partial charge in [-0.3, -0.25) is 4.68 Å². The second-order valence-corrected chi connectivity index (χ2v) is 5.46. The van der Waals surface area contributed by atoms with Gasteiger partial charge in [0, 0.05) is 30.5 Å². The molecular formula is C16H22N4O. The zero-order valence-electron chi connectivity index (χ0n) is 13.2. The molecule has 0 fully saturated rings. The van der Waals surface area contributed by atoms with Gasteiger partial charge in [0.25, 0.3) is 0 Å².